The summed E-state index contributed by atoms with van der Waals surface area (Å²) in [5.74, 6) is 0. The molecule has 0 bridgehead atoms. The van der Waals surface area contributed by atoms with E-state index in [4.69, 9.17) is 0 Å². The molecule has 0 aliphatic rings. The summed E-state index contributed by atoms with van der Waals surface area (Å²) >= 11 is 0. The highest BCUT2D eigenvalue weighted by Gasteiger charge is 2.28. The zero-order valence-corrected chi connectivity index (χ0v) is 9.59. The lowest BCUT2D eigenvalue weighted by molar-refractivity contribution is -0.249. The summed E-state index contributed by atoms with van der Waals surface area (Å²) in [4.78, 5) is 0. The Balaban J connectivity index is 2.30. The quantitative estimate of drug-likeness (QED) is 0.629. The standard InChI is InChI=1S/C13H18F2O/c1-2-3-7-10-13(14,15)16-11-12-8-5-4-6-9-12/h4-6,8-9H,2-3,7,10-11H2,1H3. The zero-order valence-electron chi connectivity index (χ0n) is 9.59. The van der Waals surface area contributed by atoms with Crippen molar-refractivity contribution in [2.24, 2.45) is 0 Å². The molecular formula is C13H18F2O. The molecule has 16 heavy (non-hydrogen) atoms. The van der Waals surface area contributed by atoms with Crippen LogP contribution in [0.4, 0.5) is 8.78 Å². The molecule has 0 radical (unpaired) electrons. The third-order valence-corrected chi connectivity index (χ3v) is 2.36. The number of rotatable bonds is 7. The Labute approximate surface area is 95.4 Å². The second-order valence-electron chi connectivity index (χ2n) is 3.87. The lowest BCUT2D eigenvalue weighted by Gasteiger charge is -2.16. The SMILES string of the molecule is CCCCCC(F)(F)OCc1ccccc1. The van der Waals surface area contributed by atoms with Gasteiger partial charge >= 0.3 is 6.11 Å². The van der Waals surface area contributed by atoms with Crippen molar-refractivity contribution in [2.45, 2.75) is 45.3 Å². The molecule has 1 aromatic carbocycles. The van der Waals surface area contributed by atoms with Gasteiger partial charge in [0.15, 0.2) is 0 Å². The van der Waals surface area contributed by atoms with Gasteiger partial charge in [-0.2, -0.15) is 8.78 Å². The Hall–Kier alpha value is -0.960. The Morgan fingerprint density at radius 2 is 1.81 bits per heavy atom. The highest BCUT2D eigenvalue weighted by molar-refractivity contribution is 5.13. The molecule has 0 saturated carbocycles. The summed E-state index contributed by atoms with van der Waals surface area (Å²) in [5.41, 5.74) is 0.776. The smallest absolute Gasteiger partial charge is 0.316 e. The lowest BCUT2D eigenvalue weighted by Crippen LogP contribution is -2.20. The first-order valence-electron chi connectivity index (χ1n) is 5.70. The van der Waals surface area contributed by atoms with Crippen molar-refractivity contribution in [3.8, 4) is 0 Å². The van der Waals surface area contributed by atoms with Crippen LogP contribution in [0.5, 0.6) is 0 Å². The van der Waals surface area contributed by atoms with Crippen molar-refractivity contribution in [1.82, 2.24) is 0 Å². The van der Waals surface area contributed by atoms with Crippen LogP contribution in [0.15, 0.2) is 30.3 Å². The maximum Gasteiger partial charge on any atom is 0.356 e. The topological polar surface area (TPSA) is 9.23 Å². The molecule has 0 aliphatic carbocycles. The second-order valence-corrected chi connectivity index (χ2v) is 3.87. The molecule has 0 saturated heterocycles. The monoisotopic (exact) mass is 228 g/mol. The molecule has 0 spiro atoms. The summed E-state index contributed by atoms with van der Waals surface area (Å²) in [7, 11) is 0. The second kappa shape index (κ2) is 6.59. The van der Waals surface area contributed by atoms with Crippen LogP contribution in [0.25, 0.3) is 0 Å². The van der Waals surface area contributed by atoms with E-state index in [9.17, 15) is 8.78 Å². The fourth-order valence-electron chi connectivity index (χ4n) is 1.42. The molecule has 90 valence electrons. The highest BCUT2D eigenvalue weighted by atomic mass is 19.3. The minimum atomic E-state index is -3.00. The molecule has 0 N–H and O–H groups in total. The van der Waals surface area contributed by atoms with E-state index in [-0.39, 0.29) is 13.0 Å². The number of ether oxygens (including phenoxy) is 1. The van der Waals surface area contributed by atoms with Crippen molar-refractivity contribution in [3.05, 3.63) is 35.9 Å². The van der Waals surface area contributed by atoms with Crippen LogP contribution in [0.3, 0.4) is 0 Å². The Morgan fingerprint density at radius 1 is 1.12 bits per heavy atom. The summed E-state index contributed by atoms with van der Waals surface area (Å²) in [6.45, 7) is 1.96. The summed E-state index contributed by atoms with van der Waals surface area (Å²) < 4.78 is 31.0. The molecule has 0 unspecified atom stereocenters. The normalized spacial score (nSPS) is 11.7. The Bertz CT molecular complexity index is 285. The third kappa shape index (κ3) is 5.21. The van der Waals surface area contributed by atoms with Crippen LogP contribution >= 0.6 is 0 Å². The molecule has 1 aromatic rings. The van der Waals surface area contributed by atoms with Gasteiger partial charge in [-0.05, 0) is 12.0 Å². The van der Waals surface area contributed by atoms with E-state index >= 15 is 0 Å². The van der Waals surface area contributed by atoms with E-state index in [0.29, 0.717) is 6.42 Å². The van der Waals surface area contributed by atoms with E-state index in [1.807, 2.05) is 25.1 Å². The molecular weight excluding hydrogens is 210 g/mol. The number of hydrogen-bond donors (Lipinski definition) is 0. The molecule has 0 aromatic heterocycles. The van der Waals surface area contributed by atoms with Gasteiger partial charge in [0.05, 0.1) is 6.61 Å². The zero-order chi connectivity index (χ0) is 11.9. The van der Waals surface area contributed by atoms with E-state index in [2.05, 4.69) is 4.74 Å². The number of unbranched alkanes of at least 4 members (excludes halogenated alkanes) is 2. The third-order valence-electron chi connectivity index (χ3n) is 2.36. The maximum absolute atomic E-state index is 13.2. The average molecular weight is 228 g/mol. The van der Waals surface area contributed by atoms with E-state index in [1.165, 1.54) is 0 Å². The van der Waals surface area contributed by atoms with E-state index < -0.39 is 6.11 Å². The number of hydrogen-bond acceptors (Lipinski definition) is 1. The fraction of sp³-hybridized carbons (Fsp3) is 0.538. The lowest BCUT2D eigenvalue weighted by atomic mass is 10.2. The number of alkyl halides is 2. The predicted octanol–water partition coefficient (Wildman–Crippen LogP) is 4.38. The van der Waals surface area contributed by atoms with Gasteiger partial charge in [0.1, 0.15) is 0 Å². The molecule has 0 aliphatic heterocycles. The summed E-state index contributed by atoms with van der Waals surface area (Å²) in [6.07, 6.45) is -0.907. The van der Waals surface area contributed by atoms with Gasteiger partial charge in [-0.1, -0.05) is 50.1 Å². The van der Waals surface area contributed by atoms with Crippen LogP contribution in [0, 0.1) is 0 Å². The Morgan fingerprint density at radius 3 is 2.44 bits per heavy atom. The molecule has 0 amide bonds. The number of benzene rings is 1. The van der Waals surface area contributed by atoms with Gasteiger partial charge in [0.25, 0.3) is 0 Å². The summed E-state index contributed by atoms with van der Waals surface area (Å²) in [6, 6.07) is 9.04. The van der Waals surface area contributed by atoms with Crippen LogP contribution in [0.2, 0.25) is 0 Å². The van der Waals surface area contributed by atoms with Crippen LogP contribution < -0.4 is 0 Å². The Kier molecular flexibility index (Phi) is 5.39. The molecule has 1 nitrogen and oxygen atoms in total. The highest BCUT2D eigenvalue weighted by Crippen LogP contribution is 2.24. The van der Waals surface area contributed by atoms with Gasteiger partial charge in [-0.15, -0.1) is 0 Å². The van der Waals surface area contributed by atoms with Crippen molar-refractivity contribution in [3.63, 3.8) is 0 Å². The molecule has 1 rings (SSSR count). The first-order chi connectivity index (χ1) is 7.64. The van der Waals surface area contributed by atoms with Gasteiger partial charge in [0.2, 0.25) is 0 Å². The summed E-state index contributed by atoms with van der Waals surface area (Å²) in [5, 5.41) is 0. The van der Waals surface area contributed by atoms with Crippen molar-refractivity contribution in [2.75, 3.05) is 0 Å². The molecule has 0 fully saturated rings. The first kappa shape index (κ1) is 13.1. The number of halogens is 2. The van der Waals surface area contributed by atoms with E-state index in [0.717, 1.165) is 18.4 Å². The van der Waals surface area contributed by atoms with Gasteiger partial charge < -0.3 is 4.74 Å². The molecule has 0 heterocycles. The van der Waals surface area contributed by atoms with Crippen LogP contribution in [0.1, 0.15) is 38.2 Å². The predicted molar refractivity (Wildman–Crippen MR) is 60.3 cm³/mol. The fourth-order valence-corrected chi connectivity index (χ4v) is 1.42. The molecule has 3 heteroatoms. The van der Waals surface area contributed by atoms with Crippen LogP contribution in [-0.4, -0.2) is 6.11 Å². The minimum Gasteiger partial charge on any atom is -0.316 e. The maximum atomic E-state index is 13.2. The van der Waals surface area contributed by atoms with Crippen molar-refractivity contribution >= 4 is 0 Å². The van der Waals surface area contributed by atoms with Crippen molar-refractivity contribution < 1.29 is 13.5 Å². The van der Waals surface area contributed by atoms with Gasteiger partial charge in [-0.25, -0.2) is 0 Å². The van der Waals surface area contributed by atoms with Crippen LogP contribution in [-0.2, 0) is 11.3 Å². The minimum absolute atomic E-state index is 0.0278. The van der Waals surface area contributed by atoms with Gasteiger partial charge in [-0.3, -0.25) is 0 Å². The average Bonchev–Trinajstić information content (AvgIpc) is 2.28. The van der Waals surface area contributed by atoms with E-state index in [1.54, 1.807) is 12.1 Å². The molecule has 0 atom stereocenters. The first-order valence-corrected chi connectivity index (χ1v) is 5.70. The van der Waals surface area contributed by atoms with Gasteiger partial charge in [0, 0.05) is 6.42 Å². The largest absolute Gasteiger partial charge is 0.356 e. The van der Waals surface area contributed by atoms with Crippen molar-refractivity contribution in [1.29, 1.82) is 0 Å².